The largest absolute Gasteiger partial charge is 0.490 e. The van der Waals surface area contributed by atoms with Crippen LogP contribution in [0.3, 0.4) is 0 Å². The van der Waals surface area contributed by atoms with E-state index in [0.717, 1.165) is 90.0 Å². The minimum absolute atomic E-state index is 0.0234. The van der Waals surface area contributed by atoms with Crippen LogP contribution in [0.1, 0.15) is 118 Å². The molecule has 266 valence electrons. The zero-order valence-electron chi connectivity index (χ0n) is 30.2. The van der Waals surface area contributed by atoms with Crippen LogP contribution in [0.25, 0.3) is 0 Å². The molecule has 3 aromatic rings. The van der Waals surface area contributed by atoms with Gasteiger partial charge in [-0.1, -0.05) is 94.6 Å². The number of anilines is 1. The molecule has 2 heterocycles. The summed E-state index contributed by atoms with van der Waals surface area (Å²) in [5.41, 5.74) is 7.97. The SMILES string of the molecule is CCCCOC[C@H]1O[C@@H](c2ccc(C3CC3)c(Cc3ccc4c(c3)N(Cc3ccccc3)CCO4)c2)C[C@@H](OCCCC)[C@@H]1OCCCC. The molecule has 6 rings (SSSR count). The van der Waals surface area contributed by atoms with Crippen LogP contribution in [0, 0.1) is 0 Å². The third-order valence-corrected chi connectivity index (χ3v) is 10.2. The van der Waals surface area contributed by atoms with E-state index in [9.17, 15) is 0 Å². The van der Waals surface area contributed by atoms with Crippen LogP contribution in [0.4, 0.5) is 5.69 Å². The molecule has 3 aliphatic rings. The average Bonchev–Trinajstić information content (AvgIpc) is 3.97. The van der Waals surface area contributed by atoms with Crippen LogP contribution >= 0.6 is 0 Å². The molecule has 6 nitrogen and oxygen atoms in total. The first-order valence-corrected chi connectivity index (χ1v) is 19.3. The van der Waals surface area contributed by atoms with Gasteiger partial charge in [-0.05, 0) is 84.4 Å². The van der Waals surface area contributed by atoms with Gasteiger partial charge >= 0.3 is 0 Å². The molecule has 4 atom stereocenters. The highest BCUT2D eigenvalue weighted by Crippen LogP contribution is 2.44. The van der Waals surface area contributed by atoms with E-state index in [4.69, 9.17) is 23.7 Å². The van der Waals surface area contributed by atoms with Gasteiger partial charge in [-0.25, -0.2) is 0 Å². The molecule has 0 aromatic heterocycles. The monoisotopic (exact) mass is 669 g/mol. The summed E-state index contributed by atoms with van der Waals surface area (Å²) in [5, 5.41) is 0. The van der Waals surface area contributed by atoms with E-state index in [2.05, 4.69) is 92.4 Å². The fourth-order valence-corrected chi connectivity index (χ4v) is 7.23. The predicted molar refractivity (Wildman–Crippen MR) is 198 cm³/mol. The molecule has 1 saturated carbocycles. The Morgan fingerprint density at radius 1 is 0.796 bits per heavy atom. The first kappa shape index (κ1) is 35.9. The van der Waals surface area contributed by atoms with E-state index in [1.54, 1.807) is 0 Å². The van der Waals surface area contributed by atoms with Gasteiger partial charge in [0, 0.05) is 32.8 Å². The molecule has 49 heavy (non-hydrogen) atoms. The maximum Gasteiger partial charge on any atom is 0.142 e. The minimum Gasteiger partial charge on any atom is -0.490 e. The smallest absolute Gasteiger partial charge is 0.142 e. The molecule has 0 amide bonds. The highest BCUT2D eigenvalue weighted by molar-refractivity contribution is 5.62. The van der Waals surface area contributed by atoms with Crippen LogP contribution in [-0.4, -0.2) is 57.9 Å². The fraction of sp³-hybridized carbons (Fsp3) is 0.581. The number of fused-ring (bicyclic) bond motifs is 1. The first-order chi connectivity index (χ1) is 24.2. The Hall–Kier alpha value is -2.90. The number of benzene rings is 3. The summed E-state index contributed by atoms with van der Waals surface area (Å²) in [6, 6.07) is 24.7. The summed E-state index contributed by atoms with van der Waals surface area (Å²) >= 11 is 0. The lowest BCUT2D eigenvalue weighted by Gasteiger charge is -2.42. The van der Waals surface area contributed by atoms with E-state index < -0.39 is 0 Å². The molecule has 2 fully saturated rings. The van der Waals surface area contributed by atoms with Crippen molar-refractivity contribution in [1.82, 2.24) is 0 Å². The van der Waals surface area contributed by atoms with E-state index in [1.807, 2.05) is 0 Å². The Morgan fingerprint density at radius 2 is 1.57 bits per heavy atom. The molecular weight excluding hydrogens is 610 g/mol. The van der Waals surface area contributed by atoms with Crippen LogP contribution in [0.15, 0.2) is 66.7 Å². The molecule has 0 radical (unpaired) electrons. The Morgan fingerprint density at radius 3 is 2.35 bits per heavy atom. The van der Waals surface area contributed by atoms with Gasteiger partial charge in [-0.2, -0.15) is 0 Å². The van der Waals surface area contributed by atoms with Crippen molar-refractivity contribution in [2.45, 2.75) is 122 Å². The normalized spacial score (nSPS) is 22.1. The molecule has 3 aromatic carbocycles. The third-order valence-electron chi connectivity index (χ3n) is 10.2. The number of ether oxygens (including phenoxy) is 5. The molecular formula is C43H59NO5. The second-order valence-corrected chi connectivity index (χ2v) is 14.2. The Bertz CT molecular complexity index is 1420. The van der Waals surface area contributed by atoms with Crippen molar-refractivity contribution in [2.24, 2.45) is 0 Å². The van der Waals surface area contributed by atoms with E-state index >= 15 is 0 Å². The minimum atomic E-state index is -0.165. The van der Waals surface area contributed by atoms with E-state index in [-0.39, 0.29) is 24.4 Å². The second kappa shape index (κ2) is 18.4. The number of rotatable bonds is 19. The standard InChI is InChI=1S/C43H59NO5/c1-4-7-22-45-31-42-43(48-24-9-6-3)41(46-23-8-5-2)29-40(49-42)35-18-19-37(34-16-17-34)36(28-35)26-33-15-20-39-38(27-33)44(21-25-47-39)30-32-13-11-10-12-14-32/h10-15,18-20,27-28,34,40-43H,4-9,16-17,21-26,29-31H2,1-3H3/t40-,41-,42-,43+/m1/s1. The zero-order chi connectivity index (χ0) is 33.8. The van der Waals surface area contributed by atoms with Gasteiger partial charge in [0.25, 0.3) is 0 Å². The maximum absolute atomic E-state index is 6.95. The second-order valence-electron chi connectivity index (χ2n) is 14.2. The number of hydrogen-bond acceptors (Lipinski definition) is 6. The molecule has 2 aliphatic heterocycles. The Labute approximate surface area is 295 Å². The van der Waals surface area contributed by atoms with Crippen molar-refractivity contribution in [3.05, 3.63) is 94.5 Å². The molecule has 1 aliphatic carbocycles. The predicted octanol–water partition coefficient (Wildman–Crippen LogP) is 9.57. The van der Waals surface area contributed by atoms with Crippen molar-refractivity contribution < 1.29 is 23.7 Å². The number of nitrogens with zero attached hydrogens (tertiary/aromatic N) is 1. The molecule has 6 heteroatoms. The van der Waals surface area contributed by atoms with Gasteiger partial charge in [0.2, 0.25) is 0 Å². The van der Waals surface area contributed by atoms with Crippen molar-refractivity contribution in [1.29, 1.82) is 0 Å². The summed E-state index contributed by atoms with van der Waals surface area (Å²) in [6.45, 7) is 11.9. The maximum atomic E-state index is 6.95. The summed E-state index contributed by atoms with van der Waals surface area (Å²) in [7, 11) is 0. The highest BCUT2D eigenvalue weighted by Gasteiger charge is 2.41. The van der Waals surface area contributed by atoms with Gasteiger partial charge in [0.1, 0.15) is 24.6 Å². The van der Waals surface area contributed by atoms with Gasteiger partial charge in [0.05, 0.1) is 31.0 Å². The summed E-state index contributed by atoms with van der Waals surface area (Å²) in [5.74, 6) is 1.64. The van der Waals surface area contributed by atoms with E-state index in [1.165, 1.54) is 46.3 Å². The number of hydrogen-bond donors (Lipinski definition) is 0. The quantitative estimate of drug-likeness (QED) is 0.119. The lowest BCUT2D eigenvalue weighted by atomic mass is 9.89. The fourth-order valence-electron chi connectivity index (χ4n) is 7.23. The van der Waals surface area contributed by atoms with Gasteiger partial charge in [0.15, 0.2) is 0 Å². The Kier molecular flexibility index (Phi) is 13.5. The molecule has 0 N–H and O–H groups in total. The first-order valence-electron chi connectivity index (χ1n) is 19.3. The van der Waals surface area contributed by atoms with Crippen LogP contribution in [-0.2, 0) is 31.9 Å². The van der Waals surface area contributed by atoms with Gasteiger partial charge < -0.3 is 28.6 Å². The molecule has 1 saturated heterocycles. The van der Waals surface area contributed by atoms with Crippen LogP contribution in [0.5, 0.6) is 5.75 Å². The van der Waals surface area contributed by atoms with Crippen molar-refractivity contribution in [2.75, 3.05) is 44.5 Å². The third kappa shape index (κ3) is 9.88. The lowest BCUT2D eigenvalue weighted by Crippen LogP contribution is -2.50. The van der Waals surface area contributed by atoms with E-state index in [0.29, 0.717) is 19.1 Å². The van der Waals surface area contributed by atoms with Crippen LogP contribution < -0.4 is 9.64 Å². The summed E-state index contributed by atoms with van der Waals surface area (Å²) in [6.07, 6.45) is 10.3. The number of unbranched alkanes of at least 4 members (excludes halogenated alkanes) is 3. The Balaban J connectivity index is 1.24. The molecule has 0 bridgehead atoms. The van der Waals surface area contributed by atoms with Crippen molar-refractivity contribution in [3.63, 3.8) is 0 Å². The molecule has 0 spiro atoms. The summed E-state index contributed by atoms with van der Waals surface area (Å²) in [4.78, 5) is 2.46. The van der Waals surface area contributed by atoms with Crippen molar-refractivity contribution >= 4 is 5.69 Å². The average molecular weight is 670 g/mol. The summed E-state index contributed by atoms with van der Waals surface area (Å²) < 4.78 is 32.4. The van der Waals surface area contributed by atoms with Gasteiger partial charge in [-0.15, -0.1) is 0 Å². The highest BCUT2D eigenvalue weighted by atomic mass is 16.6. The van der Waals surface area contributed by atoms with Crippen molar-refractivity contribution in [3.8, 4) is 5.75 Å². The van der Waals surface area contributed by atoms with Gasteiger partial charge in [-0.3, -0.25) is 0 Å². The zero-order valence-corrected chi connectivity index (χ0v) is 30.2. The van der Waals surface area contributed by atoms with Crippen LogP contribution in [0.2, 0.25) is 0 Å². The molecule has 0 unspecified atom stereocenters. The lowest BCUT2D eigenvalue weighted by molar-refractivity contribution is -0.216. The topological polar surface area (TPSA) is 49.4 Å².